The Labute approximate surface area is 87.7 Å². The van der Waals surface area contributed by atoms with Crippen molar-refractivity contribution in [2.45, 2.75) is 12.8 Å². The van der Waals surface area contributed by atoms with E-state index in [1.54, 1.807) is 0 Å². The summed E-state index contributed by atoms with van der Waals surface area (Å²) in [5, 5.41) is 25.4. The molecule has 6 N–H and O–H groups in total. The molecule has 0 fully saturated rings. The third-order valence-electron chi connectivity index (χ3n) is 1.29. The van der Waals surface area contributed by atoms with Gasteiger partial charge in [-0.05, 0) is 24.6 Å². The average molecular weight is 248 g/mol. The van der Waals surface area contributed by atoms with Crippen LogP contribution in [0.25, 0.3) is 0 Å². The molecule has 6 nitrogen and oxygen atoms in total. The van der Waals surface area contributed by atoms with Gasteiger partial charge in [-0.15, -0.1) is 0 Å². The monoisotopic (exact) mass is 248 g/mol. The highest BCUT2D eigenvalue weighted by Gasteiger charge is 2.03. The first-order valence-corrected chi connectivity index (χ1v) is 6.62. The van der Waals surface area contributed by atoms with Gasteiger partial charge in [-0.2, -0.15) is 0 Å². The van der Waals surface area contributed by atoms with Gasteiger partial charge in [0, 0.05) is 25.7 Å². The molecule has 0 bridgehead atoms. The molecule has 0 aliphatic rings. The van der Waals surface area contributed by atoms with Crippen LogP contribution in [0.4, 0.5) is 0 Å². The summed E-state index contributed by atoms with van der Waals surface area (Å²) in [4.78, 5) is 22.7. The van der Waals surface area contributed by atoms with Crippen molar-refractivity contribution in [2.24, 2.45) is 5.92 Å². The average Bonchev–Trinajstić information content (AvgIpc) is 2.04. The van der Waals surface area contributed by atoms with E-state index in [2.05, 4.69) is 11.8 Å². The Morgan fingerprint density at radius 1 is 1.00 bits per heavy atom. The minimum absolute atomic E-state index is 0.0104. The number of rotatable bonds is 5. The van der Waals surface area contributed by atoms with E-state index in [1.165, 1.54) is 0 Å². The molecule has 8 heteroatoms. The van der Waals surface area contributed by atoms with Crippen LogP contribution >= 0.6 is 6.72 Å². The Morgan fingerprint density at radius 3 is 1.57 bits per heavy atom. The molecule has 14 heavy (non-hydrogen) atoms. The summed E-state index contributed by atoms with van der Waals surface area (Å²) in [5.41, 5.74) is 0. The lowest BCUT2D eigenvalue weighted by molar-refractivity contribution is 0.136. The summed E-state index contributed by atoms with van der Waals surface area (Å²) < 4.78 is 0. The normalized spacial score (nSPS) is 11.1. The summed E-state index contributed by atoms with van der Waals surface area (Å²) in [6, 6.07) is 0. The van der Waals surface area contributed by atoms with E-state index >= 15 is 0 Å². The molecule has 0 aliphatic heterocycles. The van der Waals surface area contributed by atoms with Crippen molar-refractivity contribution < 1.29 is 30.0 Å². The maximum Gasteiger partial charge on any atom is 0.319 e. The van der Waals surface area contributed by atoms with Crippen LogP contribution in [0.5, 0.6) is 0 Å². The van der Waals surface area contributed by atoms with Gasteiger partial charge in [0.05, 0.1) is 0 Å². The Kier molecular flexibility index (Phi) is 12.0. The summed E-state index contributed by atoms with van der Waals surface area (Å²) in [5.74, 6) is -0.0443. The molecule has 0 amide bonds. The van der Waals surface area contributed by atoms with Crippen LogP contribution in [0.3, 0.4) is 0 Å². The molecule has 0 radical (unpaired) electrons. The maximum atomic E-state index is 8.51. The van der Waals surface area contributed by atoms with Gasteiger partial charge in [0.25, 0.3) is 0 Å². The summed E-state index contributed by atoms with van der Waals surface area (Å²) in [6.45, 7) is -3.65. The number of hydrogen-bond donors (Lipinski definition) is 6. The molecule has 0 aromatic carbocycles. The van der Waals surface area contributed by atoms with Crippen LogP contribution < -0.4 is 0 Å². The standard InChI is InChI=1S/C6H14O3.H3O3PS/c7-3-1-2-6(4-8)5-9;1-4(2,3)5/h6-9H,1-5H2;(H3,1,2,3,5). The first kappa shape index (κ1) is 16.8. The van der Waals surface area contributed by atoms with E-state index in [0.717, 1.165) is 0 Å². The Morgan fingerprint density at radius 2 is 1.36 bits per heavy atom. The third kappa shape index (κ3) is 22.8. The van der Waals surface area contributed by atoms with Crippen LogP contribution in [-0.4, -0.2) is 49.8 Å². The molecule has 0 spiro atoms. The van der Waals surface area contributed by atoms with Gasteiger partial charge < -0.3 is 30.0 Å². The Balaban J connectivity index is 0. The zero-order valence-corrected chi connectivity index (χ0v) is 9.36. The molecule has 0 saturated heterocycles. The second-order valence-corrected chi connectivity index (χ2v) is 5.11. The third-order valence-corrected chi connectivity index (χ3v) is 1.29. The van der Waals surface area contributed by atoms with E-state index < -0.39 is 6.72 Å². The molecule has 0 rings (SSSR count). The number of aliphatic hydroxyl groups is 3. The highest BCUT2D eigenvalue weighted by Crippen LogP contribution is 2.26. The van der Waals surface area contributed by atoms with Crippen LogP contribution in [0.1, 0.15) is 12.8 Å². The lowest BCUT2D eigenvalue weighted by Gasteiger charge is -2.07. The molecule has 0 atom stereocenters. The van der Waals surface area contributed by atoms with Crippen molar-refractivity contribution in [3.8, 4) is 0 Å². The van der Waals surface area contributed by atoms with Gasteiger partial charge in [-0.3, -0.25) is 0 Å². The van der Waals surface area contributed by atoms with Crippen LogP contribution in [-0.2, 0) is 11.8 Å². The molecule has 88 valence electrons. The van der Waals surface area contributed by atoms with Crippen LogP contribution in [0, 0.1) is 5.92 Å². The van der Waals surface area contributed by atoms with Crippen molar-refractivity contribution >= 4 is 18.5 Å². The van der Waals surface area contributed by atoms with Gasteiger partial charge in [0.2, 0.25) is 0 Å². The zero-order chi connectivity index (χ0) is 11.6. The van der Waals surface area contributed by atoms with Gasteiger partial charge >= 0.3 is 6.72 Å². The molecular formula is C6H17O6PS. The summed E-state index contributed by atoms with van der Waals surface area (Å²) in [7, 11) is 0. The van der Waals surface area contributed by atoms with E-state index in [1.807, 2.05) is 0 Å². The van der Waals surface area contributed by atoms with E-state index in [9.17, 15) is 0 Å². The molecular weight excluding hydrogens is 231 g/mol. The molecule has 0 aromatic rings. The van der Waals surface area contributed by atoms with Crippen molar-refractivity contribution in [3.05, 3.63) is 0 Å². The number of hydrogen-bond acceptors (Lipinski definition) is 4. The SMILES string of the molecule is OCCCC(CO)CO.OP(O)(O)=S. The molecule has 0 saturated carbocycles. The molecule has 0 aromatic heterocycles. The first-order chi connectivity index (χ1) is 6.35. The van der Waals surface area contributed by atoms with Gasteiger partial charge in [-0.1, -0.05) is 0 Å². The second kappa shape index (κ2) is 9.95. The van der Waals surface area contributed by atoms with E-state index in [4.69, 9.17) is 30.0 Å². The molecule has 0 heterocycles. The highest BCUT2D eigenvalue weighted by atomic mass is 32.5. The van der Waals surface area contributed by atoms with Gasteiger partial charge in [-0.25, -0.2) is 0 Å². The second-order valence-electron chi connectivity index (χ2n) is 2.61. The summed E-state index contributed by atoms with van der Waals surface area (Å²) >= 11 is 3.60. The zero-order valence-electron chi connectivity index (χ0n) is 7.65. The van der Waals surface area contributed by atoms with Crippen molar-refractivity contribution in [1.29, 1.82) is 0 Å². The Bertz CT molecular complexity index is 148. The minimum atomic E-state index is -3.81. The Hall–Kier alpha value is 0.410. The molecule has 0 aliphatic carbocycles. The predicted molar refractivity (Wildman–Crippen MR) is 54.9 cm³/mol. The van der Waals surface area contributed by atoms with Crippen LogP contribution in [0.15, 0.2) is 0 Å². The van der Waals surface area contributed by atoms with Crippen LogP contribution in [0.2, 0.25) is 0 Å². The quantitative estimate of drug-likeness (QED) is 0.329. The van der Waals surface area contributed by atoms with Crippen molar-refractivity contribution in [1.82, 2.24) is 0 Å². The van der Waals surface area contributed by atoms with Gasteiger partial charge in [0.1, 0.15) is 0 Å². The van der Waals surface area contributed by atoms with Gasteiger partial charge in [0.15, 0.2) is 0 Å². The van der Waals surface area contributed by atoms with E-state index in [-0.39, 0.29) is 25.7 Å². The fourth-order valence-corrected chi connectivity index (χ4v) is 0.620. The lowest BCUT2D eigenvalue weighted by Crippen LogP contribution is -2.11. The van der Waals surface area contributed by atoms with Crippen molar-refractivity contribution in [2.75, 3.05) is 19.8 Å². The maximum absolute atomic E-state index is 8.51. The highest BCUT2D eigenvalue weighted by molar-refractivity contribution is 8.06. The first-order valence-electron chi connectivity index (χ1n) is 3.96. The van der Waals surface area contributed by atoms with Crippen molar-refractivity contribution in [3.63, 3.8) is 0 Å². The largest absolute Gasteiger partial charge is 0.396 e. The fraction of sp³-hybridized carbons (Fsp3) is 1.00. The van der Waals surface area contributed by atoms with E-state index in [0.29, 0.717) is 12.8 Å². The smallest absolute Gasteiger partial charge is 0.319 e. The predicted octanol–water partition coefficient (Wildman–Crippen LogP) is -1.45. The molecule has 0 unspecified atom stereocenters. The minimum Gasteiger partial charge on any atom is -0.396 e. The fourth-order valence-electron chi connectivity index (χ4n) is 0.620. The number of aliphatic hydroxyl groups excluding tert-OH is 3. The lowest BCUT2D eigenvalue weighted by atomic mass is 10.1. The topological polar surface area (TPSA) is 121 Å². The summed E-state index contributed by atoms with van der Waals surface area (Å²) in [6.07, 6.45) is 1.36.